The van der Waals surface area contributed by atoms with Crippen LogP contribution >= 0.6 is 0 Å². The van der Waals surface area contributed by atoms with E-state index < -0.39 is 5.97 Å². The minimum absolute atomic E-state index is 0.256. The highest BCUT2D eigenvalue weighted by molar-refractivity contribution is 5.87. The predicted octanol–water partition coefficient (Wildman–Crippen LogP) is 5.30. The quantitative estimate of drug-likeness (QED) is 0.645. The molecule has 0 saturated heterocycles. The number of hydrogen-bond donors (Lipinski definition) is 1. The topological polar surface area (TPSA) is 46.5 Å². The van der Waals surface area contributed by atoms with Gasteiger partial charge in [0.05, 0.1) is 5.56 Å². The van der Waals surface area contributed by atoms with Gasteiger partial charge < -0.3 is 9.84 Å². The van der Waals surface area contributed by atoms with Crippen LogP contribution in [0.15, 0.2) is 97.6 Å². The summed E-state index contributed by atoms with van der Waals surface area (Å²) in [5, 5.41) is 8.59. The smallest absolute Gasteiger partial charge is 0.335 e. The standard InChI is InChI=1S/C12H10.C10H10O3/c1-3-7-11(8-4-1)12-9-5-2-6-10-12;1-2-7-13-9-5-3-8(4-6-9)10(11)12/h1-10H;2-6H,1,7H2,(H,11,12). The summed E-state index contributed by atoms with van der Waals surface area (Å²) in [6, 6.07) is 27.0. The fraction of sp³-hybridized carbons (Fsp3) is 0.0455. The minimum Gasteiger partial charge on any atom is -0.490 e. The zero-order valence-corrected chi connectivity index (χ0v) is 13.8. The van der Waals surface area contributed by atoms with Crippen LogP contribution < -0.4 is 4.74 Å². The molecule has 3 rings (SSSR count). The van der Waals surface area contributed by atoms with E-state index in [4.69, 9.17) is 9.84 Å². The molecule has 0 aliphatic carbocycles. The van der Waals surface area contributed by atoms with Gasteiger partial charge in [-0.2, -0.15) is 0 Å². The van der Waals surface area contributed by atoms with Gasteiger partial charge in [0.1, 0.15) is 12.4 Å². The third kappa shape index (κ3) is 5.99. The second kappa shape index (κ2) is 9.73. The Morgan fingerprint density at radius 3 is 1.72 bits per heavy atom. The summed E-state index contributed by atoms with van der Waals surface area (Å²) >= 11 is 0. The number of carbonyl (C=O) groups is 1. The van der Waals surface area contributed by atoms with Gasteiger partial charge in [0.25, 0.3) is 0 Å². The second-order valence-electron chi connectivity index (χ2n) is 5.16. The van der Waals surface area contributed by atoms with E-state index in [-0.39, 0.29) is 5.56 Å². The normalized spacial score (nSPS) is 9.44. The molecule has 0 atom stereocenters. The average molecular weight is 332 g/mol. The number of aromatic carboxylic acids is 1. The number of rotatable bonds is 5. The van der Waals surface area contributed by atoms with Gasteiger partial charge >= 0.3 is 5.97 Å². The Balaban J connectivity index is 0.000000181. The van der Waals surface area contributed by atoms with Crippen molar-refractivity contribution in [2.75, 3.05) is 6.61 Å². The lowest BCUT2D eigenvalue weighted by atomic mass is 10.1. The highest BCUT2D eigenvalue weighted by Gasteiger charge is 2.01. The third-order valence-electron chi connectivity index (χ3n) is 3.35. The molecule has 0 unspecified atom stereocenters. The fourth-order valence-electron chi connectivity index (χ4n) is 2.11. The lowest BCUT2D eigenvalue weighted by molar-refractivity contribution is 0.0697. The number of hydrogen-bond acceptors (Lipinski definition) is 2. The molecule has 0 spiro atoms. The molecule has 0 saturated carbocycles. The molecule has 1 N–H and O–H groups in total. The summed E-state index contributed by atoms with van der Waals surface area (Å²) in [6.45, 7) is 3.93. The van der Waals surface area contributed by atoms with Gasteiger partial charge in [0.15, 0.2) is 0 Å². The largest absolute Gasteiger partial charge is 0.490 e. The summed E-state index contributed by atoms with van der Waals surface area (Å²) in [4.78, 5) is 10.5. The molecule has 0 fully saturated rings. The Bertz CT molecular complexity index is 741. The van der Waals surface area contributed by atoms with Gasteiger partial charge in [-0.25, -0.2) is 4.79 Å². The Morgan fingerprint density at radius 2 is 1.32 bits per heavy atom. The van der Waals surface area contributed by atoms with Crippen molar-refractivity contribution >= 4 is 5.97 Å². The zero-order valence-electron chi connectivity index (χ0n) is 13.8. The second-order valence-corrected chi connectivity index (χ2v) is 5.16. The van der Waals surface area contributed by atoms with Crippen LogP contribution in [-0.4, -0.2) is 17.7 Å². The molecule has 0 heterocycles. The monoisotopic (exact) mass is 332 g/mol. The van der Waals surface area contributed by atoms with Crippen LogP contribution in [0.1, 0.15) is 10.4 Å². The van der Waals surface area contributed by atoms with Gasteiger partial charge in [-0.1, -0.05) is 73.3 Å². The lowest BCUT2D eigenvalue weighted by Gasteiger charge is -2.02. The number of ether oxygens (including phenoxy) is 1. The maximum atomic E-state index is 10.5. The molecule has 3 heteroatoms. The van der Waals surface area contributed by atoms with E-state index in [1.54, 1.807) is 18.2 Å². The molecule has 0 aromatic heterocycles. The Morgan fingerprint density at radius 1 is 0.840 bits per heavy atom. The molecule has 0 bridgehead atoms. The van der Waals surface area contributed by atoms with Crippen LogP contribution in [0.5, 0.6) is 5.75 Å². The van der Waals surface area contributed by atoms with Gasteiger partial charge in [0, 0.05) is 0 Å². The van der Waals surface area contributed by atoms with Crippen LogP contribution in [0.25, 0.3) is 11.1 Å². The van der Waals surface area contributed by atoms with E-state index in [0.29, 0.717) is 12.4 Å². The summed E-state index contributed by atoms with van der Waals surface area (Å²) < 4.78 is 5.18. The summed E-state index contributed by atoms with van der Waals surface area (Å²) in [6.07, 6.45) is 1.63. The summed E-state index contributed by atoms with van der Waals surface area (Å²) in [5.41, 5.74) is 2.81. The van der Waals surface area contributed by atoms with Crippen molar-refractivity contribution in [1.82, 2.24) is 0 Å². The van der Waals surface area contributed by atoms with Crippen LogP contribution in [0.2, 0.25) is 0 Å². The van der Waals surface area contributed by atoms with Crippen molar-refractivity contribution in [3.05, 3.63) is 103 Å². The first kappa shape index (κ1) is 18.0. The molecule has 0 aliphatic heterocycles. The van der Waals surface area contributed by atoms with E-state index in [0.717, 1.165) is 0 Å². The minimum atomic E-state index is -0.935. The van der Waals surface area contributed by atoms with Gasteiger partial charge in [-0.3, -0.25) is 0 Å². The first-order valence-corrected chi connectivity index (χ1v) is 7.88. The van der Waals surface area contributed by atoms with Crippen LogP contribution in [0.3, 0.4) is 0 Å². The van der Waals surface area contributed by atoms with Crippen molar-refractivity contribution in [1.29, 1.82) is 0 Å². The Kier molecular flexibility index (Phi) is 7.01. The maximum Gasteiger partial charge on any atom is 0.335 e. The van der Waals surface area contributed by atoms with E-state index in [2.05, 4.69) is 55.1 Å². The summed E-state index contributed by atoms with van der Waals surface area (Å²) in [5.74, 6) is -0.292. The van der Waals surface area contributed by atoms with E-state index in [1.807, 2.05) is 12.1 Å². The van der Waals surface area contributed by atoms with Gasteiger partial charge in [0.2, 0.25) is 0 Å². The molecule has 0 amide bonds. The van der Waals surface area contributed by atoms with Crippen molar-refractivity contribution in [3.8, 4) is 16.9 Å². The first-order chi connectivity index (χ1) is 12.2. The molecule has 3 nitrogen and oxygen atoms in total. The number of benzene rings is 3. The number of carboxylic acid groups (broad SMARTS) is 1. The lowest BCUT2D eigenvalue weighted by Crippen LogP contribution is -1.97. The van der Waals surface area contributed by atoms with E-state index in [9.17, 15) is 4.79 Å². The van der Waals surface area contributed by atoms with E-state index in [1.165, 1.54) is 23.3 Å². The Labute approximate surface area is 147 Å². The van der Waals surface area contributed by atoms with Crippen LogP contribution in [0, 0.1) is 0 Å². The van der Waals surface area contributed by atoms with Crippen LogP contribution in [0.4, 0.5) is 0 Å². The number of carboxylic acids is 1. The average Bonchev–Trinajstić information content (AvgIpc) is 2.68. The molecular formula is C22H20O3. The summed E-state index contributed by atoms with van der Waals surface area (Å²) in [7, 11) is 0. The van der Waals surface area contributed by atoms with Crippen LogP contribution in [-0.2, 0) is 0 Å². The molecule has 0 aliphatic rings. The molecular weight excluding hydrogens is 312 g/mol. The molecule has 3 aromatic rings. The highest BCUT2D eigenvalue weighted by atomic mass is 16.5. The van der Waals surface area contributed by atoms with Crippen molar-refractivity contribution < 1.29 is 14.6 Å². The predicted molar refractivity (Wildman–Crippen MR) is 101 cm³/mol. The fourth-order valence-corrected chi connectivity index (χ4v) is 2.11. The molecule has 0 radical (unpaired) electrons. The molecule has 126 valence electrons. The van der Waals surface area contributed by atoms with Crippen molar-refractivity contribution in [2.24, 2.45) is 0 Å². The van der Waals surface area contributed by atoms with Gasteiger partial charge in [-0.05, 0) is 35.4 Å². The molecule has 25 heavy (non-hydrogen) atoms. The van der Waals surface area contributed by atoms with Gasteiger partial charge in [-0.15, -0.1) is 0 Å². The van der Waals surface area contributed by atoms with Crippen molar-refractivity contribution in [2.45, 2.75) is 0 Å². The van der Waals surface area contributed by atoms with Crippen molar-refractivity contribution in [3.63, 3.8) is 0 Å². The third-order valence-corrected chi connectivity index (χ3v) is 3.35. The molecule has 3 aromatic carbocycles. The Hall–Kier alpha value is -3.33. The SMILES string of the molecule is C=CCOc1ccc(C(=O)O)cc1.c1ccc(-c2ccccc2)cc1. The maximum absolute atomic E-state index is 10.5. The van der Waals surface area contributed by atoms with E-state index >= 15 is 0 Å². The highest BCUT2D eigenvalue weighted by Crippen LogP contribution is 2.17. The first-order valence-electron chi connectivity index (χ1n) is 7.88. The zero-order chi connectivity index (χ0) is 17.9.